The summed E-state index contributed by atoms with van der Waals surface area (Å²) in [4.78, 5) is 2.64. The van der Waals surface area contributed by atoms with E-state index in [0.717, 1.165) is 43.2 Å². The molecule has 31 heavy (non-hydrogen) atoms. The quantitative estimate of drug-likeness (QED) is 0.575. The lowest BCUT2D eigenvalue weighted by Gasteiger charge is -2.46. The first-order chi connectivity index (χ1) is 15.2. The maximum atomic E-state index is 5.67. The number of nitrogens with zero attached hydrogens (tertiary/aromatic N) is 1. The predicted molar refractivity (Wildman–Crippen MR) is 122 cm³/mol. The molecule has 0 N–H and O–H groups in total. The average molecular weight is 416 g/mol. The van der Waals surface area contributed by atoms with Gasteiger partial charge in [0.05, 0.1) is 21.3 Å². The number of fused-ring (bicyclic) bond motifs is 5. The molecule has 0 amide bonds. The van der Waals surface area contributed by atoms with E-state index in [1.807, 2.05) is 0 Å². The number of benzene rings is 3. The topological polar surface area (TPSA) is 30.9 Å². The molecule has 1 aliphatic carbocycles. The first-order valence-corrected chi connectivity index (χ1v) is 10.9. The van der Waals surface area contributed by atoms with Gasteiger partial charge >= 0.3 is 0 Å². The van der Waals surface area contributed by atoms with Crippen LogP contribution in [0.3, 0.4) is 0 Å². The van der Waals surface area contributed by atoms with Gasteiger partial charge in [0, 0.05) is 25.0 Å². The highest BCUT2D eigenvalue weighted by molar-refractivity contribution is 5.55. The molecule has 3 aromatic rings. The number of aryl methyl sites for hydroxylation is 1. The first-order valence-electron chi connectivity index (χ1n) is 10.9. The molecule has 4 nitrogen and oxygen atoms in total. The molecule has 5 rings (SSSR count). The number of ether oxygens (including phenoxy) is 3. The Hall–Kier alpha value is -2.98. The van der Waals surface area contributed by atoms with Crippen LogP contribution in [-0.2, 0) is 19.5 Å². The monoisotopic (exact) mass is 415 g/mol. The third kappa shape index (κ3) is 3.55. The third-order valence-corrected chi connectivity index (χ3v) is 6.83. The lowest BCUT2D eigenvalue weighted by Crippen LogP contribution is -2.45. The molecule has 0 bridgehead atoms. The van der Waals surface area contributed by atoms with Crippen LogP contribution in [0.25, 0.3) is 0 Å². The highest BCUT2D eigenvalue weighted by atomic mass is 16.5. The second-order valence-corrected chi connectivity index (χ2v) is 8.45. The Bertz CT molecular complexity index is 1080. The summed E-state index contributed by atoms with van der Waals surface area (Å²) < 4.78 is 16.8. The maximum Gasteiger partial charge on any atom is 0.161 e. The van der Waals surface area contributed by atoms with E-state index in [2.05, 4.69) is 65.6 Å². The molecule has 0 saturated carbocycles. The van der Waals surface area contributed by atoms with Crippen LogP contribution in [0.2, 0.25) is 0 Å². The predicted octanol–water partition coefficient (Wildman–Crippen LogP) is 5.17. The second kappa shape index (κ2) is 8.27. The normalized spacial score (nSPS) is 19.7. The van der Waals surface area contributed by atoms with E-state index in [0.29, 0.717) is 12.0 Å². The van der Waals surface area contributed by atoms with Crippen molar-refractivity contribution in [1.29, 1.82) is 0 Å². The van der Waals surface area contributed by atoms with Crippen molar-refractivity contribution in [3.63, 3.8) is 0 Å². The molecule has 0 aromatic heterocycles. The third-order valence-electron chi connectivity index (χ3n) is 6.83. The van der Waals surface area contributed by atoms with Crippen molar-refractivity contribution in [2.75, 3.05) is 21.3 Å². The average Bonchev–Trinajstić information content (AvgIpc) is 2.82. The van der Waals surface area contributed by atoms with Gasteiger partial charge in [0.25, 0.3) is 0 Å². The second-order valence-electron chi connectivity index (χ2n) is 8.45. The first kappa shape index (κ1) is 20.0. The van der Waals surface area contributed by atoms with Gasteiger partial charge in [0.1, 0.15) is 5.75 Å². The smallest absolute Gasteiger partial charge is 0.161 e. The van der Waals surface area contributed by atoms with E-state index in [4.69, 9.17) is 14.2 Å². The summed E-state index contributed by atoms with van der Waals surface area (Å²) in [5.41, 5.74) is 6.83. The van der Waals surface area contributed by atoms with Gasteiger partial charge in [0.15, 0.2) is 11.5 Å². The minimum atomic E-state index is 0.307. The van der Waals surface area contributed by atoms with Crippen LogP contribution in [0.5, 0.6) is 17.2 Å². The Morgan fingerprint density at radius 2 is 1.58 bits per heavy atom. The largest absolute Gasteiger partial charge is 0.497 e. The summed E-state index contributed by atoms with van der Waals surface area (Å²) in [6, 6.07) is 22.2. The van der Waals surface area contributed by atoms with Crippen LogP contribution in [0.15, 0.2) is 60.7 Å². The fraction of sp³-hybridized carbons (Fsp3) is 0.333. The molecular formula is C27H29NO3. The Balaban J connectivity index is 1.62. The molecule has 0 radical (unpaired) electrons. The fourth-order valence-electron chi connectivity index (χ4n) is 5.36. The molecule has 160 valence electrons. The van der Waals surface area contributed by atoms with E-state index in [1.165, 1.54) is 27.8 Å². The summed E-state index contributed by atoms with van der Waals surface area (Å²) >= 11 is 0. The standard InChI is InChI=1S/C27H29NO3/c1-29-21-10-11-22-20(13-21)17-28(16-18-7-5-4-6-8-18)24-12-9-19-14-25(30-2)26(31-3)15-23(19)27(22)24/h4-8,10-11,13-15,24,27H,9,12,16-17H2,1-3H3. The van der Waals surface area contributed by atoms with Gasteiger partial charge in [-0.1, -0.05) is 36.4 Å². The maximum absolute atomic E-state index is 5.67. The van der Waals surface area contributed by atoms with Crippen molar-refractivity contribution < 1.29 is 14.2 Å². The zero-order chi connectivity index (χ0) is 21.4. The molecule has 2 atom stereocenters. The molecule has 2 unspecified atom stereocenters. The summed E-state index contributed by atoms with van der Waals surface area (Å²) in [6.45, 7) is 1.88. The van der Waals surface area contributed by atoms with E-state index < -0.39 is 0 Å². The summed E-state index contributed by atoms with van der Waals surface area (Å²) in [7, 11) is 5.16. The van der Waals surface area contributed by atoms with Gasteiger partial charge in [0.2, 0.25) is 0 Å². The van der Waals surface area contributed by atoms with Gasteiger partial charge in [-0.3, -0.25) is 4.90 Å². The molecule has 2 aliphatic rings. The molecule has 0 fully saturated rings. The highest BCUT2D eigenvalue weighted by Crippen LogP contribution is 2.48. The Morgan fingerprint density at radius 3 is 2.32 bits per heavy atom. The SMILES string of the molecule is COc1ccc2c(c1)CN(Cc1ccccc1)C1CCc3cc(OC)c(OC)cc3C21. The van der Waals surface area contributed by atoms with E-state index in [1.54, 1.807) is 21.3 Å². The molecule has 3 aromatic carbocycles. The van der Waals surface area contributed by atoms with Gasteiger partial charge in [-0.15, -0.1) is 0 Å². The van der Waals surface area contributed by atoms with Gasteiger partial charge < -0.3 is 14.2 Å². The molecular weight excluding hydrogens is 386 g/mol. The minimum Gasteiger partial charge on any atom is -0.497 e. The van der Waals surface area contributed by atoms with Crippen LogP contribution in [0, 0.1) is 0 Å². The minimum absolute atomic E-state index is 0.307. The van der Waals surface area contributed by atoms with Crippen molar-refractivity contribution in [2.24, 2.45) is 0 Å². The molecule has 0 spiro atoms. The van der Waals surface area contributed by atoms with Crippen molar-refractivity contribution in [2.45, 2.75) is 37.9 Å². The number of methoxy groups -OCH3 is 3. The van der Waals surface area contributed by atoms with Crippen molar-refractivity contribution in [3.05, 3.63) is 88.5 Å². The van der Waals surface area contributed by atoms with Crippen LogP contribution in [0.1, 0.15) is 40.2 Å². The van der Waals surface area contributed by atoms with E-state index in [9.17, 15) is 0 Å². The van der Waals surface area contributed by atoms with Crippen LogP contribution in [0.4, 0.5) is 0 Å². The lowest BCUT2D eigenvalue weighted by molar-refractivity contribution is 0.132. The lowest BCUT2D eigenvalue weighted by atomic mass is 9.71. The molecule has 4 heteroatoms. The molecule has 0 saturated heterocycles. The van der Waals surface area contributed by atoms with Gasteiger partial charge in [-0.2, -0.15) is 0 Å². The summed E-state index contributed by atoms with van der Waals surface area (Å²) in [6.07, 6.45) is 2.18. The Labute approximate surface area is 184 Å². The highest BCUT2D eigenvalue weighted by Gasteiger charge is 2.40. The van der Waals surface area contributed by atoms with Crippen molar-refractivity contribution in [1.82, 2.24) is 4.90 Å². The van der Waals surface area contributed by atoms with Gasteiger partial charge in [-0.05, 0) is 64.9 Å². The van der Waals surface area contributed by atoms with Crippen LogP contribution in [-0.4, -0.2) is 32.3 Å². The molecule has 1 aliphatic heterocycles. The zero-order valence-electron chi connectivity index (χ0n) is 18.4. The zero-order valence-corrected chi connectivity index (χ0v) is 18.4. The fourth-order valence-corrected chi connectivity index (χ4v) is 5.36. The van der Waals surface area contributed by atoms with Crippen LogP contribution >= 0.6 is 0 Å². The van der Waals surface area contributed by atoms with Gasteiger partial charge in [-0.25, -0.2) is 0 Å². The number of rotatable bonds is 5. The van der Waals surface area contributed by atoms with E-state index in [-0.39, 0.29) is 0 Å². The number of hydrogen-bond acceptors (Lipinski definition) is 4. The summed E-state index contributed by atoms with van der Waals surface area (Å²) in [5, 5.41) is 0. The van der Waals surface area contributed by atoms with Crippen molar-refractivity contribution >= 4 is 0 Å². The van der Waals surface area contributed by atoms with Crippen LogP contribution < -0.4 is 14.2 Å². The summed E-state index contributed by atoms with van der Waals surface area (Å²) in [5.74, 6) is 2.84. The Morgan fingerprint density at radius 1 is 0.806 bits per heavy atom. The van der Waals surface area contributed by atoms with E-state index >= 15 is 0 Å². The number of hydrogen-bond donors (Lipinski definition) is 0. The Kier molecular flexibility index (Phi) is 5.33. The molecule has 1 heterocycles. The van der Waals surface area contributed by atoms with Crippen molar-refractivity contribution in [3.8, 4) is 17.2 Å².